The van der Waals surface area contributed by atoms with E-state index in [4.69, 9.17) is 4.74 Å². The number of halogens is 1. The van der Waals surface area contributed by atoms with Gasteiger partial charge >= 0.3 is 0 Å². The Hall–Kier alpha value is -0.930. The average molecular weight is 237 g/mol. The molecule has 0 saturated carbocycles. The second-order valence-corrected chi connectivity index (χ2v) is 5.05. The normalized spacial score (nSPS) is 29.3. The highest BCUT2D eigenvalue weighted by atomic mass is 19.1. The van der Waals surface area contributed by atoms with E-state index >= 15 is 0 Å². The molecule has 1 aromatic carbocycles. The molecule has 0 spiro atoms. The highest BCUT2D eigenvalue weighted by Crippen LogP contribution is 2.29. The molecule has 1 saturated heterocycles. The summed E-state index contributed by atoms with van der Waals surface area (Å²) in [7, 11) is 0. The van der Waals surface area contributed by atoms with Crippen LogP contribution in [0.5, 0.6) is 0 Å². The molecule has 2 rings (SSSR count). The van der Waals surface area contributed by atoms with Gasteiger partial charge in [0.15, 0.2) is 0 Å². The first-order valence-electron chi connectivity index (χ1n) is 6.19. The van der Waals surface area contributed by atoms with Crippen molar-refractivity contribution in [2.75, 3.05) is 13.1 Å². The minimum atomic E-state index is -0.157. The van der Waals surface area contributed by atoms with E-state index in [1.165, 1.54) is 6.07 Å². The largest absolute Gasteiger partial charge is 0.365 e. The van der Waals surface area contributed by atoms with Crippen molar-refractivity contribution in [1.29, 1.82) is 0 Å². The van der Waals surface area contributed by atoms with Crippen molar-refractivity contribution in [3.63, 3.8) is 0 Å². The summed E-state index contributed by atoms with van der Waals surface area (Å²) in [6.07, 6.45) is 0.990. The molecule has 0 bridgehead atoms. The molecule has 1 N–H and O–H groups in total. The topological polar surface area (TPSA) is 21.3 Å². The van der Waals surface area contributed by atoms with E-state index in [0.717, 1.165) is 25.1 Å². The zero-order chi connectivity index (χ0) is 12.5. The smallest absolute Gasteiger partial charge is 0.126 e. The van der Waals surface area contributed by atoms with E-state index in [9.17, 15) is 4.39 Å². The van der Waals surface area contributed by atoms with Crippen LogP contribution in [0.3, 0.4) is 0 Å². The number of hydrogen-bond acceptors (Lipinski definition) is 2. The Bertz CT molecular complexity index is 407. The Morgan fingerprint density at radius 1 is 1.53 bits per heavy atom. The standard InChI is InChI=1S/C14H20FNO/c1-4-14(3)9-16-8-13(17-14)11-5-6-12(15)10(2)7-11/h5-7,13,16H,4,8-9H2,1-3H3. The van der Waals surface area contributed by atoms with Gasteiger partial charge in [0.1, 0.15) is 5.82 Å². The van der Waals surface area contributed by atoms with E-state index in [1.807, 2.05) is 12.1 Å². The van der Waals surface area contributed by atoms with Crippen LogP contribution >= 0.6 is 0 Å². The first-order chi connectivity index (χ1) is 8.04. The summed E-state index contributed by atoms with van der Waals surface area (Å²) >= 11 is 0. The molecule has 0 aromatic heterocycles. The second-order valence-electron chi connectivity index (χ2n) is 5.05. The monoisotopic (exact) mass is 237 g/mol. The number of morpholine rings is 1. The van der Waals surface area contributed by atoms with E-state index in [1.54, 1.807) is 6.92 Å². The number of aryl methyl sites for hydroxylation is 1. The number of ether oxygens (including phenoxy) is 1. The Labute approximate surface area is 102 Å². The minimum absolute atomic E-state index is 0.0213. The predicted octanol–water partition coefficient (Wildman–Crippen LogP) is 2.96. The Morgan fingerprint density at radius 2 is 2.29 bits per heavy atom. The Balaban J connectivity index is 2.19. The molecule has 0 amide bonds. The van der Waals surface area contributed by atoms with Crippen molar-refractivity contribution in [3.05, 3.63) is 35.1 Å². The first kappa shape index (κ1) is 12.5. The SMILES string of the molecule is CCC1(C)CNCC(c2ccc(F)c(C)c2)O1. The summed E-state index contributed by atoms with van der Waals surface area (Å²) in [5.41, 5.74) is 1.61. The first-order valence-corrected chi connectivity index (χ1v) is 6.19. The van der Waals surface area contributed by atoms with Crippen LogP contribution in [-0.4, -0.2) is 18.7 Å². The van der Waals surface area contributed by atoms with Gasteiger partial charge in [0.25, 0.3) is 0 Å². The molecule has 2 nitrogen and oxygen atoms in total. The van der Waals surface area contributed by atoms with Gasteiger partial charge < -0.3 is 10.1 Å². The van der Waals surface area contributed by atoms with Crippen molar-refractivity contribution in [2.45, 2.75) is 38.9 Å². The fraction of sp³-hybridized carbons (Fsp3) is 0.571. The van der Waals surface area contributed by atoms with E-state index in [0.29, 0.717) is 5.56 Å². The van der Waals surface area contributed by atoms with Gasteiger partial charge in [-0.1, -0.05) is 19.1 Å². The summed E-state index contributed by atoms with van der Waals surface area (Å²) in [6, 6.07) is 5.21. The van der Waals surface area contributed by atoms with Gasteiger partial charge in [-0.15, -0.1) is 0 Å². The van der Waals surface area contributed by atoms with Crippen LogP contribution in [0.2, 0.25) is 0 Å². The molecule has 0 aliphatic carbocycles. The molecule has 3 heteroatoms. The third-order valence-corrected chi connectivity index (χ3v) is 3.56. The summed E-state index contributed by atoms with van der Waals surface area (Å²) in [4.78, 5) is 0. The quantitative estimate of drug-likeness (QED) is 0.854. The number of rotatable bonds is 2. The maximum atomic E-state index is 13.2. The van der Waals surface area contributed by atoms with Gasteiger partial charge in [-0.25, -0.2) is 4.39 Å². The highest BCUT2D eigenvalue weighted by Gasteiger charge is 2.31. The van der Waals surface area contributed by atoms with Crippen LogP contribution < -0.4 is 5.32 Å². The summed E-state index contributed by atoms with van der Waals surface area (Å²) < 4.78 is 19.3. The second kappa shape index (κ2) is 4.75. The Kier molecular flexibility index (Phi) is 3.50. The zero-order valence-electron chi connectivity index (χ0n) is 10.7. The predicted molar refractivity (Wildman–Crippen MR) is 66.5 cm³/mol. The van der Waals surface area contributed by atoms with E-state index in [-0.39, 0.29) is 17.5 Å². The van der Waals surface area contributed by atoms with Crippen LogP contribution in [0, 0.1) is 12.7 Å². The maximum absolute atomic E-state index is 13.2. The highest BCUT2D eigenvalue weighted by molar-refractivity contribution is 5.26. The van der Waals surface area contributed by atoms with Crippen LogP contribution in [-0.2, 0) is 4.74 Å². The minimum Gasteiger partial charge on any atom is -0.365 e. The third kappa shape index (κ3) is 2.67. The van der Waals surface area contributed by atoms with E-state index in [2.05, 4.69) is 19.2 Å². The van der Waals surface area contributed by atoms with Gasteiger partial charge in [-0.2, -0.15) is 0 Å². The summed E-state index contributed by atoms with van der Waals surface area (Å²) in [6.45, 7) is 7.69. The van der Waals surface area contributed by atoms with Crippen LogP contribution in [0.25, 0.3) is 0 Å². The van der Waals surface area contributed by atoms with Crippen LogP contribution in [0.1, 0.15) is 37.5 Å². The molecule has 1 aliphatic heterocycles. The van der Waals surface area contributed by atoms with Gasteiger partial charge in [0.2, 0.25) is 0 Å². The molecule has 17 heavy (non-hydrogen) atoms. The molecule has 0 radical (unpaired) electrons. The van der Waals surface area contributed by atoms with Crippen molar-refractivity contribution < 1.29 is 9.13 Å². The third-order valence-electron chi connectivity index (χ3n) is 3.56. The molecular weight excluding hydrogens is 217 g/mol. The lowest BCUT2D eigenvalue weighted by Crippen LogP contribution is -2.48. The molecule has 1 aliphatic rings. The zero-order valence-corrected chi connectivity index (χ0v) is 10.7. The lowest BCUT2D eigenvalue weighted by molar-refractivity contribution is -0.109. The number of nitrogens with one attached hydrogen (secondary N) is 1. The van der Waals surface area contributed by atoms with Crippen molar-refractivity contribution in [3.8, 4) is 0 Å². The van der Waals surface area contributed by atoms with Crippen molar-refractivity contribution >= 4 is 0 Å². The molecule has 94 valence electrons. The molecule has 1 aromatic rings. The van der Waals surface area contributed by atoms with Crippen molar-refractivity contribution in [2.24, 2.45) is 0 Å². The van der Waals surface area contributed by atoms with Crippen LogP contribution in [0.4, 0.5) is 4.39 Å². The summed E-state index contributed by atoms with van der Waals surface area (Å²) in [5.74, 6) is -0.157. The molecule has 1 fully saturated rings. The van der Waals surface area contributed by atoms with Crippen LogP contribution in [0.15, 0.2) is 18.2 Å². The van der Waals surface area contributed by atoms with E-state index < -0.39 is 0 Å². The summed E-state index contributed by atoms with van der Waals surface area (Å²) in [5, 5.41) is 3.39. The lowest BCUT2D eigenvalue weighted by Gasteiger charge is -2.39. The lowest BCUT2D eigenvalue weighted by atomic mass is 9.98. The molecule has 2 unspecified atom stereocenters. The molecule has 1 heterocycles. The van der Waals surface area contributed by atoms with Gasteiger partial charge in [0.05, 0.1) is 11.7 Å². The Morgan fingerprint density at radius 3 is 2.94 bits per heavy atom. The fourth-order valence-corrected chi connectivity index (χ4v) is 2.16. The van der Waals surface area contributed by atoms with Gasteiger partial charge in [-0.05, 0) is 37.5 Å². The van der Waals surface area contributed by atoms with Gasteiger partial charge in [0, 0.05) is 13.1 Å². The van der Waals surface area contributed by atoms with Gasteiger partial charge in [-0.3, -0.25) is 0 Å². The maximum Gasteiger partial charge on any atom is 0.126 e. The number of hydrogen-bond donors (Lipinski definition) is 1. The molecular formula is C14H20FNO. The van der Waals surface area contributed by atoms with Crippen molar-refractivity contribution in [1.82, 2.24) is 5.32 Å². The number of benzene rings is 1. The average Bonchev–Trinajstić information content (AvgIpc) is 2.33. The molecule has 2 atom stereocenters. The fourth-order valence-electron chi connectivity index (χ4n) is 2.16.